The molecule has 3 heteroatoms. The van der Waals surface area contributed by atoms with Crippen LogP contribution in [0.15, 0.2) is 12.1 Å². The standard InChI is InChI=1S/C11H15ClNS/c1-9-10(4-5-11(12)13-9)8-14-6-2-3-7-14/h4-5H,2-3,6-8H2,1H3/q+1. The summed E-state index contributed by atoms with van der Waals surface area (Å²) < 4.78 is 0. The van der Waals surface area contributed by atoms with Gasteiger partial charge in [-0.2, -0.15) is 0 Å². The van der Waals surface area contributed by atoms with Crippen LogP contribution < -0.4 is 0 Å². The Labute approximate surface area is 93.2 Å². The van der Waals surface area contributed by atoms with Crippen LogP contribution in [0.25, 0.3) is 0 Å². The Bertz CT molecular complexity index is 321. The van der Waals surface area contributed by atoms with Gasteiger partial charge in [-0.15, -0.1) is 0 Å². The fourth-order valence-corrected chi connectivity index (χ4v) is 4.44. The Morgan fingerprint density at radius 2 is 2.07 bits per heavy atom. The first-order valence-corrected chi connectivity index (χ1v) is 7.13. The van der Waals surface area contributed by atoms with Crippen LogP contribution in [-0.4, -0.2) is 16.5 Å². The van der Waals surface area contributed by atoms with Crippen molar-refractivity contribution in [3.63, 3.8) is 0 Å². The number of aromatic nitrogens is 1. The van der Waals surface area contributed by atoms with Crippen LogP contribution in [-0.2, 0) is 16.6 Å². The summed E-state index contributed by atoms with van der Waals surface area (Å²) >= 11 is 5.82. The predicted octanol–water partition coefficient (Wildman–Crippen LogP) is 2.96. The normalized spacial score (nSPS) is 17.6. The van der Waals surface area contributed by atoms with Crippen molar-refractivity contribution in [2.24, 2.45) is 0 Å². The largest absolute Gasteiger partial charge is 0.241 e. The zero-order chi connectivity index (χ0) is 9.97. The molecule has 0 spiro atoms. The van der Waals surface area contributed by atoms with Gasteiger partial charge in [0.25, 0.3) is 0 Å². The summed E-state index contributed by atoms with van der Waals surface area (Å²) in [6.07, 6.45) is 2.84. The number of pyridine rings is 1. The summed E-state index contributed by atoms with van der Waals surface area (Å²) in [6.45, 7) is 2.06. The van der Waals surface area contributed by atoms with Gasteiger partial charge in [0.1, 0.15) is 22.4 Å². The van der Waals surface area contributed by atoms with E-state index in [1.54, 1.807) is 0 Å². The number of aryl methyl sites for hydroxylation is 1. The van der Waals surface area contributed by atoms with Crippen LogP contribution in [0.2, 0.25) is 5.15 Å². The molecule has 0 amide bonds. The van der Waals surface area contributed by atoms with E-state index in [4.69, 9.17) is 11.6 Å². The lowest BCUT2D eigenvalue weighted by Gasteiger charge is -2.04. The van der Waals surface area contributed by atoms with E-state index in [9.17, 15) is 0 Å². The molecule has 0 N–H and O–H groups in total. The summed E-state index contributed by atoms with van der Waals surface area (Å²) in [4.78, 5) is 4.29. The van der Waals surface area contributed by atoms with E-state index in [1.165, 1.54) is 35.7 Å². The molecule has 1 aromatic rings. The van der Waals surface area contributed by atoms with Gasteiger partial charge in [0, 0.05) is 11.3 Å². The van der Waals surface area contributed by atoms with Crippen molar-refractivity contribution in [2.45, 2.75) is 25.5 Å². The highest BCUT2D eigenvalue weighted by atomic mass is 35.5. The van der Waals surface area contributed by atoms with E-state index in [2.05, 4.69) is 18.0 Å². The highest BCUT2D eigenvalue weighted by Gasteiger charge is 2.24. The Balaban J connectivity index is 2.08. The van der Waals surface area contributed by atoms with Crippen LogP contribution in [0.1, 0.15) is 24.1 Å². The second-order valence-corrected chi connectivity index (χ2v) is 6.47. The second-order valence-electron chi connectivity index (χ2n) is 3.75. The monoisotopic (exact) mass is 228 g/mol. The quantitative estimate of drug-likeness (QED) is 0.560. The summed E-state index contributed by atoms with van der Waals surface area (Å²) in [6, 6.07) is 4.04. The minimum absolute atomic E-state index is 0.612. The topological polar surface area (TPSA) is 12.9 Å². The lowest BCUT2D eigenvalue weighted by Crippen LogP contribution is -2.08. The third kappa shape index (κ3) is 2.43. The third-order valence-corrected chi connectivity index (χ3v) is 5.30. The van der Waals surface area contributed by atoms with Crippen molar-refractivity contribution in [1.82, 2.24) is 4.98 Å². The van der Waals surface area contributed by atoms with Gasteiger partial charge in [0.05, 0.1) is 0 Å². The molecule has 1 nitrogen and oxygen atoms in total. The minimum Gasteiger partial charge on any atom is -0.241 e. The number of hydrogen-bond donors (Lipinski definition) is 0. The molecule has 0 atom stereocenters. The van der Waals surface area contributed by atoms with Gasteiger partial charge in [-0.1, -0.05) is 11.6 Å². The fourth-order valence-electron chi connectivity index (χ4n) is 1.79. The van der Waals surface area contributed by atoms with Gasteiger partial charge in [-0.05, 0) is 42.8 Å². The molecule has 0 saturated carbocycles. The van der Waals surface area contributed by atoms with Crippen LogP contribution in [0.3, 0.4) is 0 Å². The molecule has 0 bridgehead atoms. The number of halogens is 1. The van der Waals surface area contributed by atoms with Crippen molar-refractivity contribution >= 4 is 22.5 Å². The molecule has 2 heterocycles. The average molecular weight is 229 g/mol. The highest BCUT2D eigenvalue weighted by Crippen LogP contribution is 2.20. The molecule has 1 saturated heterocycles. The van der Waals surface area contributed by atoms with E-state index in [0.717, 1.165) is 5.69 Å². The molecule has 0 aliphatic carbocycles. The van der Waals surface area contributed by atoms with E-state index in [0.29, 0.717) is 16.0 Å². The number of nitrogens with zero attached hydrogens (tertiary/aromatic N) is 1. The van der Waals surface area contributed by atoms with Crippen LogP contribution in [0.4, 0.5) is 0 Å². The van der Waals surface area contributed by atoms with Crippen LogP contribution in [0, 0.1) is 6.92 Å². The molecule has 0 unspecified atom stereocenters. The summed E-state index contributed by atoms with van der Waals surface area (Å²) in [5.41, 5.74) is 2.50. The molecule has 1 aliphatic heterocycles. The van der Waals surface area contributed by atoms with Crippen LogP contribution >= 0.6 is 11.6 Å². The minimum atomic E-state index is 0.612. The molecule has 2 rings (SSSR count). The van der Waals surface area contributed by atoms with Gasteiger partial charge in [-0.3, -0.25) is 0 Å². The Morgan fingerprint density at radius 3 is 2.71 bits per heavy atom. The molecule has 1 aliphatic rings. The van der Waals surface area contributed by atoms with Gasteiger partial charge < -0.3 is 0 Å². The third-order valence-electron chi connectivity index (χ3n) is 2.64. The molecule has 76 valence electrons. The molecule has 1 fully saturated rings. The summed E-state index contributed by atoms with van der Waals surface area (Å²) in [5.74, 6) is 4.06. The molecule has 0 radical (unpaired) electrons. The molecular formula is C11H15ClNS+. The predicted molar refractivity (Wildman–Crippen MR) is 64.0 cm³/mol. The smallest absolute Gasteiger partial charge is 0.135 e. The zero-order valence-corrected chi connectivity index (χ0v) is 10.00. The lowest BCUT2D eigenvalue weighted by atomic mass is 10.2. The molecular weight excluding hydrogens is 214 g/mol. The first-order chi connectivity index (χ1) is 6.75. The first-order valence-electron chi connectivity index (χ1n) is 5.02. The van der Waals surface area contributed by atoms with Gasteiger partial charge >= 0.3 is 0 Å². The van der Waals surface area contributed by atoms with Crippen molar-refractivity contribution < 1.29 is 0 Å². The lowest BCUT2D eigenvalue weighted by molar-refractivity contribution is 0.949. The van der Waals surface area contributed by atoms with Gasteiger partial charge in [-0.25, -0.2) is 4.98 Å². The maximum atomic E-state index is 5.82. The maximum Gasteiger partial charge on any atom is 0.135 e. The summed E-state index contributed by atoms with van der Waals surface area (Å²) in [5, 5.41) is 0.612. The van der Waals surface area contributed by atoms with E-state index >= 15 is 0 Å². The number of rotatable bonds is 2. The second kappa shape index (κ2) is 4.54. The molecule has 14 heavy (non-hydrogen) atoms. The van der Waals surface area contributed by atoms with Gasteiger partial charge in [0.15, 0.2) is 0 Å². The number of hydrogen-bond acceptors (Lipinski definition) is 1. The Morgan fingerprint density at radius 1 is 1.36 bits per heavy atom. The fraction of sp³-hybridized carbons (Fsp3) is 0.545. The van der Waals surface area contributed by atoms with E-state index in [1.807, 2.05) is 6.07 Å². The molecule has 1 aromatic heterocycles. The maximum absolute atomic E-state index is 5.82. The summed E-state index contributed by atoms with van der Waals surface area (Å²) in [7, 11) is 0.622. The van der Waals surface area contributed by atoms with Crippen molar-refractivity contribution in [3.8, 4) is 0 Å². The Kier molecular flexibility index (Phi) is 3.34. The Hall–Kier alpha value is -0.210. The van der Waals surface area contributed by atoms with Crippen molar-refractivity contribution in [2.75, 3.05) is 11.5 Å². The molecule has 0 aromatic carbocycles. The first kappa shape index (κ1) is 10.3. The van der Waals surface area contributed by atoms with E-state index in [-0.39, 0.29) is 0 Å². The van der Waals surface area contributed by atoms with E-state index < -0.39 is 0 Å². The van der Waals surface area contributed by atoms with Crippen molar-refractivity contribution in [3.05, 3.63) is 28.5 Å². The average Bonchev–Trinajstić information content (AvgIpc) is 2.62. The van der Waals surface area contributed by atoms with Crippen LogP contribution in [0.5, 0.6) is 0 Å². The zero-order valence-electron chi connectivity index (χ0n) is 8.42. The van der Waals surface area contributed by atoms with Gasteiger partial charge in [0.2, 0.25) is 0 Å². The van der Waals surface area contributed by atoms with Crippen molar-refractivity contribution in [1.29, 1.82) is 0 Å². The SMILES string of the molecule is Cc1nc(Cl)ccc1C[S+]1CCCC1. The highest BCUT2D eigenvalue weighted by molar-refractivity contribution is 7.96.